The second kappa shape index (κ2) is 6.70. The Bertz CT molecular complexity index is 1080. The van der Waals surface area contributed by atoms with Gasteiger partial charge in [0.15, 0.2) is 11.6 Å². The molecule has 2 rings (SSSR count). The van der Waals surface area contributed by atoms with Crippen LogP contribution in [0.15, 0.2) is 40.6 Å². The Kier molecular flexibility index (Phi) is 5.12. The molecule has 0 bridgehead atoms. The monoisotopic (exact) mass is 411 g/mol. The third-order valence-electron chi connectivity index (χ3n) is 3.01. The van der Waals surface area contributed by atoms with Crippen LogP contribution >= 0.6 is 0 Å². The van der Waals surface area contributed by atoms with Crippen LogP contribution in [0.5, 0.6) is 5.75 Å². The highest BCUT2D eigenvalue weighted by Crippen LogP contribution is 2.34. The van der Waals surface area contributed by atoms with E-state index in [0.717, 1.165) is 12.1 Å². The molecular formula is C14H7F4O6S2-. The van der Waals surface area contributed by atoms with Crippen molar-refractivity contribution >= 4 is 26.3 Å². The first-order valence-electron chi connectivity index (χ1n) is 6.39. The van der Waals surface area contributed by atoms with Crippen molar-refractivity contribution < 1.29 is 43.1 Å². The summed E-state index contributed by atoms with van der Waals surface area (Å²) in [5.41, 5.74) is 0.278. The highest BCUT2D eigenvalue weighted by atomic mass is 32.2. The summed E-state index contributed by atoms with van der Waals surface area (Å²) in [6, 6.07) is 4.61. The second-order valence-corrected chi connectivity index (χ2v) is 7.55. The van der Waals surface area contributed by atoms with Gasteiger partial charge in [-0.05, 0) is 17.7 Å². The van der Waals surface area contributed by atoms with Crippen LogP contribution in [-0.4, -0.2) is 21.4 Å². The van der Waals surface area contributed by atoms with Crippen LogP contribution in [-0.2, 0) is 20.2 Å². The lowest BCUT2D eigenvalue weighted by molar-refractivity contribution is 0.363. The van der Waals surface area contributed by atoms with Gasteiger partial charge in [-0.2, -0.15) is 17.2 Å². The molecule has 26 heavy (non-hydrogen) atoms. The van der Waals surface area contributed by atoms with Crippen LogP contribution in [0.25, 0.3) is 6.08 Å². The summed E-state index contributed by atoms with van der Waals surface area (Å²) in [7, 11) is -10.9. The van der Waals surface area contributed by atoms with Crippen LogP contribution in [0.3, 0.4) is 0 Å². The number of hydrogen-bond acceptors (Lipinski definition) is 6. The van der Waals surface area contributed by atoms with Crippen LogP contribution in [0, 0.1) is 23.3 Å². The molecule has 0 saturated heterocycles. The molecular weight excluding hydrogens is 404 g/mol. The summed E-state index contributed by atoms with van der Waals surface area (Å²) in [6.45, 7) is 3.38. The molecule has 0 atom stereocenters. The van der Waals surface area contributed by atoms with Gasteiger partial charge in [0.25, 0.3) is 0 Å². The van der Waals surface area contributed by atoms with E-state index >= 15 is 0 Å². The fourth-order valence-corrected chi connectivity index (χ4v) is 3.44. The van der Waals surface area contributed by atoms with Crippen molar-refractivity contribution in [1.82, 2.24) is 0 Å². The third kappa shape index (κ3) is 3.57. The van der Waals surface area contributed by atoms with E-state index in [1.54, 1.807) is 0 Å². The molecule has 2 aromatic carbocycles. The largest absolute Gasteiger partial charge is 0.744 e. The molecule has 140 valence electrons. The van der Waals surface area contributed by atoms with E-state index in [0.29, 0.717) is 0 Å². The Morgan fingerprint density at radius 1 is 0.962 bits per heavy atom. The van der Waals surface area contributed by atoms with E-state index in [-0.39, 0.29) is 5.56 Å². The topological polar surface area (TPSA) is 101 Å². The van der Waals surface area contributed by atoms with E-state index in [1.807, 2.05) is 0 Å². The quantitative estimate of drug-likeness (QED) is 0.324. The van der Waals surface area contributed by atoms with Gasteiger partial charge in [-0.15, -0.1) is 0 Å². The normalized spacial score (nSPS) is 12.0. The number of hydrogen-bond donors (Lipinski definition) is 0. The van der Waals surface area contributed by atoms with E-state index in [9.17, 15) is 39.0 Å². The van der Waals surface area contributed by atoms with Crippen LogP contribution in [0.4, 0.5) is 17.6 Å². The molecule has 12 heteroatoms. The minimum Gasteiger partial charge on any atom is -0.744 e. The maximum Gasteiger partial charge on any atom is 0.339 e. The first-order chi connectivity index (χ1) is 11.9. The average molecular weight is 411 g/mol. The molecule has 0 heterocycles. The van der Waals surface area contributed by atoms with E-state index in [4.69, 9.17) is 0 Å². The first-order valence-corrected chi connectivity index (χ1v) is 9.20. The van der Waals surface area contributed by atoms with Crippen molar-refractivity contribution in [3.63, 3.8) is 0 Å². The molecule has 0 amide bonds. The standard InChI is InChI=1S/C14H8F4O6S2/c1-2-7-4-3-5-8(6-7)26(22,23)24-13-9(15)11(17)14(25(19,20)21)12(18)10(13)16/h2-6H,1H2,(H,19,20,21)/p-1. The Morgan fingerprint density at radius 2 is 1.50 bits per heavy atom. The van der Waals surface area contributed by atoms with Crippen LogP contribution < -0.4 is 4.18 Å². The highest BCUT2D eigenvalue weighted by Gasteiger charge is 2.33. The van der Waals surface area contributed by atoms with E-state index < -0.39 is 59.0 Å². The highest BCUT2D eigenvalue weighted by molar-refractivity contribution is 7.87. The van der Waals surface area contributed by atoms with Crippen molar-refractivity contribution in [2.24, 2.45) is 0 Å². The minimum atomic E-state index is -5.93. The summed E-state index contributed by atoms with van der Waals surface area (Å²) in [6.07, 6.45) is 1.24. The van der Waals surface area contributed by atoms with Gasteiger partial charge in [0.2, 0.25) is 17.4 Å². The SMILES string of the molecule is C=Cc1cccc(S(=O)(=O)Oc2c(F)c(F)c(S(=O)(=O)[O-])c(F)c2F)c1. The zero-order valence-corrected chi connectivity index (χ0v) is 14.0. The molecule has 0 saturated carbocycles. The summed E-state index contributed by atoms with van der Waals surface area (Å²) in [5, 5.41) is 0. The smallest absolute Gasteiger partial charge is 0.339 e. The lowest BCUT2D eigenvalue weighted by atomic mass is 10.2. The van der Waals surface area contributed by atoms with Crippen molar-refractivity contribution in [3.05, 3.63) is 59.7 Å². The average Bonchev–Trinajstić information content (AvgIpc) is 2.56. The summed E-state index contributed by atoms with van der Waals surface area (Å²) in [5.74, 6) is -12.3. The fraction of sp³-hybridized carbons (Fsp3) is 0. The Morgan fingerprint density at radius 3 is 1.96 bits per heavy atom. The van der Waals surface area contributed by atoms with Crippen molar-refractivity contribution in [3.8, 4) is 5.75 Å². The van der Waals surface area contributed by atoms with Crippen molar-refractivity contribution in [1.29, 1.82) is 0 Å². The zero-order chi connectivity index (χ0) is 19.9. The molecule has 0 aromatic heterocycles. The van der Waals surface area contributed by atoms with Crippen LogP contribution in [0.2, 0.25) is 0 Å². The van der Waals surface area contributed by atoms with Crippen LogP contribution in [0.1, 0.15) is 5.56 Å². The molecule has 0 spiro atoms. The molecule has 0 fully saturated rings. The molecule has 0 aliphatic carbocycles. The first kappa shape index (κ1) is 19.9. The Labute approximate surface area is 145 Å². The molecule has 2 aromatic rings. The fourth-order valence-electron chi connectivity index (χ4n) is 1.84. The van der Waals surface area contributed by atoms with Gasteiger partial charge in [0.05, 0.1) is 0 Å². The molecule has 0 aliphatic heterocycles. The Hall–Kier alpha value is -2.44. The van der Waals surface area contributed by atoms with Gasteiger partial charge >= 0.3 is 10.1 Å². The van der Waals surface area contributed by atoms with Gasteiger partial charge in [0, 0.05) is 0 Å². The molecule has 0 unspecified atom stereocenters. The predicted octanol–water partition coefficient (Wildman–Crippen LogP) is 2.56. The van der Waals surface area contributed by atoms with Crippen molar-refractivity contribution in [2.75, 3.05) is 0 Å². The minimum absolute atomic E-state index is 0.278. The lowest BCUT2D eigenvalue weighted by Crippen LogP contribution is -2.16. The maximum absolute atomic E-state index is 13.8. The predicted molar refractivity (Wildman–Crippen MR) is 78.6 cm³/mol. The van der Waals surface area contributed by atoms with E-state index in [1.165, 1.54) is 18.2 Å². The lowest BCUT2D eigenvalue weighted by Gasteiger charge is -2.14. The van der Waals surface area contributed by atoms with Gasteiger partial charge in [-0.1, -0.05) is 24.8 Å². The number of halogens is 4. The number of benzene rings is 2. The number of rotatable bonds is 5. The Balaban J connectivity index is 2.65. The van der Waals surface area contributed by atoms with E-state index in [2.05, 4.69) is 10.8 Å². The molecule has 0 aliphatic rings. The third-order valence-corrected chi connectivity index (χ3v) is 5.08. The molecule has 6 nitrogen and oxygen atoms in total. The van der Waals surface area contributed by atoms with Gasteiger partial charge in [0.1, 0.15) is 19.9 Å². The maximum atomic E-state index is 13.8. The molecule has 0 N–H and O–H groups in total. The summed E-state index contributed by atoms with van der Waals surface area (Å²) in [4.78, 5) is -3.05. The van der Waals surface area contributed by atoms with Gasteiger partial charge < -0.3 is 8.74 Å². The van der Waals surface area contributed by atoms with Gasteiger partial charge in [-0.25, -0.2) is 17.2 Å². The zero-order valence-electron chi connectivity index (χ0n) is 12.4. The van der Waals surface area contributed by atoms with Gasteiger partial charge in [-0.3, -0.25) is 0 Å². The summed E-state index contributed by atoms with van der Waals surface area (Å²) < 4.78 is 115. The summed E-state index contributed by atoms with van der Waals surface area (Å²) >= 11 is 0. The molecule has 0 radical (unpaired) electrons. The van der Waals surface area contributed by atoms with Crippen molar-refractivity contribution in [2.45, 2.75) is 9.79 Å². The second-order valence-electron chi connectivity index (χ2n) is 4.68.